The van der Waals surface area contributed by atoms with Gasteiger partial charge in [-0.15, -0.1) is 0 Å². The Hall–Kier alpha value is -3.14. The number of benzene rings is 1. The number of carbonyl (C=O) groups is 1. The minimum absolute atomic E-state index is 0.162. The van der Waals surface area contributed by atoms with Gasteiger partial charge in [-0.05, 0) is 31.0 Å². The van der Waals surface area contributed by atoms with Crippen molar-refractivity contribution in [3.05, 3.63) is 47.9 Å². The molecule has 10 heteroatoms. The summed E-state index contributed by atoms with van der Waals surface area (Å²) in [7, 11) is 0. The molecule has 1 saturated carbocycles. The number of nitrogens with one attached hydrogen (secondary N) is 1. The van der Waals surface area contributed by atoms with Crippen LogP contribution in [-0.2, 0) is 10.9 Å². The molecule has 2 fully saturated rings. The molecule has 5 rings (SSSR count). The molecule has 1 aliphatic heterocycles. The zero-order valence-corrected chi connectivity index (χ0v) is 17.8. The van der Waals surface area contributed by atoms with E-state index in [0.717, 1.165) is 35.9 Å². The number of hydrogen-bond donors (Lipinski definition) is 1. The van der Waals surface area contributed by atoms with Gasteiger partial charge in [0.25, 0.3) is 5.91 Å². The summed E-state index contributed by atoms with van der Waals surface area (Å²) in [6, 6.07) is 7.05. The number of alkyl halides is 3. The minimum Gasteiger partial charge on any atom is -0.483 e. The van der Waals surface area contributed by atoms with Gasteiger partial charge in [-0.2, -0.15) is 18.3 Å². The minimum atomic E-state index is -4.64. The summed E-state index contributed by atoms with van der Waals surface area (Å²) >= 11 is 0. The molecular formula is C23H23F3N4O3. The van der Waals surface area contributed by atoms with Gasteiger partial charge in [0.05, 0.1) is 30.5 Å². The van der Waals surface area contributed by atoms with Gasteiger partial charge < -0.3 is 14.8 Å². The highest BCUT2D eigenvalue weighted by atomic mass is 19.4. The molecule has 0 atom stereocenters. The Bertz CT molecular complexity index is 1170. The van der Waals surface area contributed by atoms with E-state index in [4.69, 9.17) is 14.6 Å². The third-order valence-corrected chi connectivity index (χ3v) is 5.99. The smallest absolute Gasteiger partial charge is 0.433 e. The molecular weight excluding hydrogens is 437 g/mol. The third kappa shape index (κ3) is 4.66. The number of anilines is 1. The number of halogens is 3. The van der Waals surface area contributed by atoms with E-state index >= 15 is 0 Å². The zero-order chi connectivity index (χ0) is 23.0. The fourth-order valence-electron chi connectivity index (χ4n) is 4.17. The number of aromatic nitrogens is 3. The molecule has 0 unspecified atom stereocenters. The van der Waals surface area contributed by atoms with Gasteiger partial charge in [0.1, 0.15) is 23.2 Å². The summed E-state index contributed by atoms with van der Waals surface area (Å²) in [6.07, 6.45) is 2.86. The van der Waals surface area contributed by atoms with Crippen LogP contribution in [0.2, 0.25) is 0 Å². The van der Waals surface area contributed by atoms with Crippen LogP contribution in [0.15, 0.2) is 36.5 Å². The highest BCUT2D eigenvalue weighted by Gasteiger charge is 2.33. The standard InChI is InChI=1S/C23H23F3N4O3/c24-23(25,26)21-8-4-7-17(27-21)22(31)28-19-9-14-11-30(15-5-2-1-3-6-15)29-18(14)10-20(19)33-16-12-32-13-16/h4,7-11,15-16H,1-3,5-6,12-13H2,(H,28,31). The molecule has 2 aliphatic rings. The number of fused-ring (bicyclic) bond motifs is 1. The lowest BCUT2D eigenvalue weighted by atomic mass is 9.96. The first-order valence-corrected chi connectivity index (χ1v) is 11.0. The van der Waals surface area contributed by atoms with Crippen LogP contribution in [0.4, 0.5) is 18.9 Å². The first-order valence-electron chi connectivity index (χ1n) is 11.0. The molecule has 174 valence electrons. The highest BCUT2D eigenvalue weighted by molar-refractivity contribution is 6.05. The molecule has 0 bridgehead atoms. The van der Waals surface area contributed by atoms with Crippen LogP contribution in [0.25, 0.3) is 10.9 Å². The average Bonchev–Trinajstić information content (AvgIpc) is 3.19. The van der Waals surface area contributed by atoms with Crippen LogP contribution in [0.3, 0.4) is 0 Å². The number of carbonyl (C=O) groups excluding carboxylic acids is 1. The summed E-state index contributed by atoms with van der Waals surface area (Å²) in [6.45, 7) is 0.855. The first kappa shape index (κ1) is 21.7. The molecule has 0 spiro atoms. The van der Waals surface area contributed by atoms with Crippen LogP contribution in [0, 0.1) is 0 Å². The summed E-state index contributed by atoms with van der Waals surface area (Å²) in [5.74, 6) is -0.361. The van der Waals surface area contributed by atoms with Gasteiger partial charge in [0.15, 0.2) is 0 Å². The Kier molecular flexibility index (Phi) is 5.69. The Labute approximate surface area is 187 Å². The van der Waals surface area contributed by atoms with E-state index in [1.54, 1.807) is 12.1 Å². The topological polar surface area (TPSA) is 78.3 Å². The maximum absolute atomic E-state index is 13.0. The predicted molar refractivity (Wildman–Crippen MR) is 114 cm³/mol. The van der Waals surface area contributed by atoms with E-state index in [9.17, 15) is 18.0 Å². The Morgan fingerprint density at radius 3 is 2.64 bits per heavy atom. The molecule has 3 aromatic rings. The van der Waals surface area contributed by atoms with Gasteiger partial charge in [-0.3, -0.25) is 9.48 Å². The highest BCUT2D eigenvalue weighted by Crippen LogP contribution is 2.35. The average molecular weight is 460 g/mol. The summed E-state index contributed by atoms with van der Waals surface area (Å²) < 4.78 is 52.1. The normalized spacial score (nSPS) is 17.7. The van der Waals surface area contributed by atoms with Crippen LogP contribution in [0.5, 0.6) is 5.75 Å². The molecule has 3 heterocycles. The van der Waals surface area contributed by atoms with E-state index in [0.29, 0.717) is 30.7 Å². The van der Waals surface area contributed by atoms with Gasteiger partial charge in [-0.1, -0.05) is 25.3 Å². The van der Waals surface area contributed by atoms with Crippen LogP contribution >= 0.6 is 0 Å². The van der Waals surface area contributed by atoms with Gasteiger partial charge in [0, 0.05) is 17.6 Å². The molecule has 1 saturated heterocycles. The van der Waals surface area contributed by atoms with Crippen LogP contribution < -0.4 is 10.1 Å². The first-order chi connectivity index (χ1) is 15.9. The second kappa shape index (κ2) is 8.66. The monoisotopic (exact) mass is 460 g/mol. The Morgan fingerprint density at radius 2 is 1.94 bits per heavy atom. The molecule has 1 aliphatic carbocycles. The van der Waals surface area contributed by atoms with E-state index in [-0.39, 0.29) is 11.8 Å². The summed E-state index contributed by atoms with van der Waals surface area (Å²) in [5.41, 5.74) is -0.379. The molecule has 1 aromatic carbocycles. The maximum Gasteiger partial charge on any atom is 0.433 e. The van der Waals surface area contributed by atoms with Gasteiger partial charge in [0.2, 0.25) is 0 Å². The van der Waals surface area contributed by atoms with Crippen molar-refractivity contribution >= 4 is 22.5 Å². The number of pyridine rings is 1. The van der Waals surface area contributed by atoms with Crippen molar-refractivity contribution in [2.75, 3.05) is 18.5 Å². The van der Waals surface area contributed by atoms with Crippen LogP contribution in [0.1, 0.15) is 54.3 Å². The van der Waals surface area contributed by atoms with Crippen molar-refractivity contribution in [2.45, 2.75) is 50.4 Å². The lowest BCUT2D eigenvalue weighted by molar-refractivity contribution is -0.141. The fourth-order valence-corrected chi connectivity index (χ4v) is 4.17. The van der Waals surface area contributed by atoms with Gasteiger partial charge in [-0.25, -0.2) is 4.98 Å². The molecule has 33 heavy (non-hydrogen) atoms. The Morgan fingerprint density at radius 1 is 1.15 bits per heavy atom. The van der Waals surface area contributed by atoms with Crippen molar-refractivity contribution in [3.8, 4) is 5.75 Å². The van der Waals surface area contributed by atoms with Crippen molar-refractivity contribution in [1.29, 1.82) is 0 Å². The molecule has 0 radical (unpaired) electrons. The molecule has 2 aromatic heterocycles. The van der Waals surface area contributed by atoms with Crippen molar-refractivity contribution in [2.24, 2.45) is 0 Å². The zero-order valence-electron chi connectivity index (χ0n) is 17.8. The lowest BCUT2D eigenvalue weighted by Gasteiger charge is -2.27. The number of ether oxygens (including phenoxy) is 2. The van der Waals surface area contributed by atoms with Crippen molar-refractivity contribution in [3.63, 3.8) is 0 Å². The van der Waals surface area contributed by atoms with E-state index in [2.05, 4.69) is 10.3 Å². The summed E-state index contributed by atoms with van der Waals surface area (Å²) in [4.78, 5) is 16.2. The van der Waals surface area contributed by atoms with Crippen molar-refractivity contribution < 1.29 is 27.4 Å². The van der Waals surface area contributed by atoms with Crippen LogP contribution in [-0.4, -0.2) is 40.0 Å². The van der Waals surface area contributed by atoms with E-state index in [1.165, 1.54) is 25.3 Å². The quantitative estimate of drug-likeness (QED) is 0.581. The molecule has 1 amide bonds. The number of rotatable bonds is 5. The van der Waals surface area contributed by atoms with E-state index < -0.39 is 17.8 Å². The SMILES string of the molecule is O=C(Nc1cc2cn(C3CCCCC3)nc2cc1OC1COC1)c1cccc(C(F)(F)F)n1. The van der Waals surface area contributed by atoms with Crippen molar-refractivity contribution in [1.82, 2.24) is 14.8 Å². The van der Waals surface area contributed by atoms with Gasteiger partial charge >= 0.3 is 6.18 Å². The largest absolute Gasteiger partial charge is 0.483 e. The maximum atomic E-state index is 13.0. The molecule has 7 nitrogen and oxygen atoms in total. The third-order valence-electron chi connectivity index (χ3n) is 5.99. The number of hydrogen-bond acceptors (Lipinski definition) is 5. The number of amides is 1. The predicted octanol–water partition coefficient (Wildman–Crippen LogP) is 4.99. The Balaban J connectivity index is 1.46. The molecule has 1 N–H and O–H groups in total. The second-order valence-corrected chi connectivity index (χ2v) is 8.45. The second-order valence-electron chi connectivity index (χ2n) is 8.45. The lowest BCUT2D eigenvalue weighted by Crippen LogP contribution is -2.38. The number of nitrogens with zero attached hydrogens (tertiary/aromatic N) is 3. The summed E-state index contributed by atoms with van der Waals surface area (Å²) in [5, 5.41) is 8.20. The fraction of sp³-hybridized carbons (Fsp3) is 0.435. The van der Waals surface area contributed by atoms with E-state index in [1.807, 2.05) is 10.9 Å².